The Hall–Kier alpha value is -0.0400. The fourth-order valence-corrected chi connectivity index (χ4v) is 2.48. The second kappa shape index (κ2) is 4.27. The van der Waals surface area contributed by atoms with Crippen molar-refractivity contribution in [1.29, 1.82) is 0 Å². The highest BCUT2D eigenvalue weighted by atomic mass is 15.0. The maximum atomic E-state index is 3.67. The average molecular weight is 169 g/mol. The van der Waals surface area contributed by atoms with Crippen molar-refractivity contribution in [2.45, 2.75) is 59.0 Å². The molecule has 4 unspecified atom stereocenters. The molecule has 0 saturated carbocycles. The number of hydrogen-bond acceptors (Lipinski definition) is 1. The first-order valence-electron chi connectivity index (χ1n) is 5.45. The second-order valence-corrected chi connectivity index (χ2v) is 4.37. The van der Waals surface area contributed by atoms with E-state index in [2.05, 4.69) is 33.0 Å². The van der Waals surface area contributed by atoms with Crippen molar-refractivity contribution in [1.82, 2.24) is 5.32 Å². The third-order valence-electron chi connectivity index (χ3n) is 3.46. The van der Waals surface area contributed by atoms with Gasteiger partial charge >= 0.3 is 0 Å². The van der Waals surface area contributed by atoms with Crippen LogP contribution in [0.15, 0.2) is 0 Å². The van der Waals surface area contributed by atoms with Gasteiger partial charge in [0.25, 0.3) is 0 Å². The van der Waals surface area contributed by atoms with Crippen molar-refractivity contribution in [2.75, 3.05) is 0 Å². The normalized spacial score (nSPS) is 38.5. The van der Waals surface area contributed by atoms with E-state index in [9.17, 15) is 0 Å². The molecule has 1 saturated heterocycles. The van der Waals surface area contributed by atoms with Crippen molar-refractivity contribution in [3.63, 3.8) is 0 Å². The Morgan fingerprint density at radius 1 is 1.42 bits per heavy atom. The van der Waals surface area contributed by atoms with Crippen LogP contribution in [0.5, 0.6) is 0 Å². The number of nitrogens with one attached hydrogen (secondary N) is 1. The zero-order valence-corrected chi connectivity index (χ0v) is 8.93. The van der Waals surface area contributed by atoms with E-state index in [1.165, 1.54) is 19.3 Å². The van der Waals surface area contributed by atoms with Gasteiger partial charge in [0.15, 0.2) is 0 Å². The third kappa shape index (κ3) is 2.01. The Kier molecular flexibility index (Phi) is 3.57. The zero-order chi connectivity index (χ0) is 9.14. The fourth-order valence-electron chi connectivity index (χ4n) is 2.48. The molecule has 1 rings (SSSR count). The Morgan fingerprint density at radius 3 is 2.58 bits per heavy atom. The predicted octanol–water partition coefficient (Wildman–Crippen LogP) is 2.81. The van der Waals surface area contributed by atoms with Gasteiger partial charge in [-0.2, -0.15) is 0 Å². The molecule has 1 aliphatic rings. The summed E-state index contributed by atoms with van der Waals surface area (Å²) in [5, 5.41) is 3.67. The van der Waals surface area contributed by atoms with Crippen LogP contribution in [-0.4, -0.2) is 12.1 Å². The summed E-state index contributed by atoms with van der Waals surface area (Å²) in [5.74, 6) is 1.82. The van der Waals surface area contributed by atoms with Gasteiger partial charge in [0.2, 0.25) is 0 Å². The predicted molar refractivity (Wildman–Crippen MR) is 54.2 cm³/mol. The van der Waals surface area contributed by atoms with Crippen molar-refractivity contribution in [3.8, 4) is 0 Å². The van der Waals surface area contributed by atoms with Gasteiger partial charge in [0.1, 0.15) is 0 Å². The van der Waals surface area contributed by atoms with Crippen molar-refractivity contribution in [3.05, 3.63) is 0 Å². The molecule has 0 aliphatic carbocycles. The summed E-state index contributed by atoms with van der Waals surface area (Å²) in [6.45, 7) is 9.31. The molecule has 1 N–H and O–H groups in total. The van der Waals surface area contributed by atoms with Crippen LogP contribution in [0.2, 0.25) is 0 Å². The highest BCUT2D eigenvalue weighted by Crippen LogP contribution is 2.30. The number of rotatable bonds is 3. The Morgan fingerprint density at radius 2 is 2.08 bits per heavy atom. The summed E-state index contributed by atoms with van der Waals surface area (Å²) in [7, 11) is 0. The molecule has 1 nitrogen and oxygen atoms in total. The van der Waals surface area contributed by atoms with Gasteiger partial charge in [-0.3, -0.25) is 0 Å². The molecule has 0 aromatic rings. The van der Waals surface area contributed by atoms with E-state index >= 15 is 0 Å². The molecule has 0 radical (unpaired) electrons. The largest absolute Gasteiger partial charge is 0.311 e. The van der Waals surface area contributed by atoms with E-state index in [-0.39, 0.29) is 0 Å². The summed E-state index contributed by atoms with van der Waals surface area (Å²) in [4.78, 5) is 0. The van der Waals surface area contributed by atoms with Gasteiger partial charge in [-0.1, -0.05) is 27.2 Å². The van der Waals surface area contributed by atoms with Gasteiger partial charge in [0.05, 0.1) is 0 Å². The molecule has 1 heterocycles. The summed E-state index contributed by atoms with van der Waals surface area (Å²) in [6, 6.07) is 1.53. The molecule has 12 heavy (non-hydrogen) atoms. The quantitative estimate of drug-likeness (QED) is 0.685. The maximum absolute atomic E-state index is 3.67. The van der Waals surface area contributed by atoms with Gasteiger partial charge in [-0.15, -0.1) is 0 Å². The van der Waals surface area contributed by atoms with E-state index in [1.807, 2.05) is 0 Å². The highest BCUT2D eigenvalue weighted by molar-refractivity contribution is 4.89. The summed E-state index contributed by atoms with van der Waals surface area (Å²) < 4.78 is 0. The van der Waals surface area contributed by atoms with E-state index in [1.54, 1.807) is 0 Å². The number of hydrogen-bond donors (Lipinski definition) is 1. The van der Waals surface area contributed by atoms with Crippen LogP contribution in [0.1, 0.15) is 47.0 Å². The molecule has 72 valence electrons. The first kappa shape index (κ1) is 10.0. The standard InChI is InChI=1S/C11H23N/c1-5-8(3)10-7-9(4)12-11(10)6-2/h8-12H,5-7H2,1-4H3. The van der Waals surface area contributed by atoms with Crippen LogP contribution in [0, 0.1) is 11.8 Å². The summed E-state index contributed by atoms with van der Waals surface area (Å²) >= 11 is 0. The van der Waals surface area contributed by atoms with Crippen LogP contribution >= 0.6 is 0 Å². The Bertz CT molecular complexity index is 133. The van der Waals surface area contributed by atoms with Crippen molar-refractivity contribution in [2.24, 2.45) is 11.8 Å². The molecule has 0 aromatic heterocycles. The van der Waals surface area contributed by atoms with Crippen LogP contribution in [0.4, 0.5) is 0 Å². The van der Waals surface area contributed by atoms with Crippen molar-refractivity contribution < 1.29 is 0 Å². The smallest absolute Gasteiger partial charge is 0.00982 e. The lowest BCUT2D eigenvalue weighted by Crippen LogP contribution is -2.31. The molecule has 1 fully saturated rings. The second-order valence-electron chi connectivity index (χ2n) is 4.37. The summed E-state index contributed by atoms with van der Waals surface area (Å²) in [5.41, 5.74) is 0. The molecule has 0 bridgehead atoms. The fraction of sp³-hybridized carbons (Fsp3) is 1.00. The Balaban J connectivity index is 2.51. The van der Waals surface area contributed by atoms with Gasteiger partial charge in [0, 0.05) is 12.1 Å². The van der Waals surface area contributed by atoms with Crippen LogP contribution in [0.25, 0.3) is 0 Å². The lowest BCUT2D eigenvalue weighted by molar-refractivity contribution is 0.306. The van der Waals surface area contributed by atoms with Crippen LogP contribution in [-0.2, 0) is 0 Å². The first-order valence-corrected chi connectivity index (χ1v) is 5.45. The lowest BCUT2D eigenvalue weighted by atomic mass is 9.84. The first-order chi connectivity index (χ1) is 5.69. The minimum atomic E-state index is 0.744. The maximum Gasteiger partial charge on any atom is 0.00982 e. The SMILES string of the molecule is CCC(C)C1CC(C)NC1CC. The van der Waals surface area contributed by atoms with E-state index in [0.29, 0.717) is 0 Å². The molecule has 4 atom stereocenters. The lowest BCUT2D eigenvalue weighted by Gasteiger charge is -2.23. The minimum Gasteiger partial charge on any atom is -0.311 e. The van der Waals surface area contributed by atoms with Crippen LogP contribution < -0.4 is 5.32 Å². The van der Waals surface area contributed by atoms with Crippen LogP contribution in [0.3, 0.4) is 0 Å². The van der Waals surface area contributed by atoms with E-state index in [4.69, 9.17) is 0 Å². The van der Waals surface area contributed by atoms with Crippen molar-refractivity contribution >= 4 is 0 Å². The Labute approximate surface area is 76.9 Å². The topological polar surface area (TPSA) is 12.0 Å². The van der Waals surface area contributed by atoms with E-state index < -0.39 is 0 Å². The molecular weight excluding hydrogens is 146 g/mol. The molecule has 0 spiro atoms. The molecule has 0 aromatic carbocycles. The monoisotopic (exact) mass is 169 g/mol. The molecule has 1 aliphatic heterocycles. The van der Waals surface area contributed by atoms with E-state index in [0.717, 1.165) is 23.9 Å². The molecular formula is C11H23N. The summed E-state index contributed by atoms with van der Waals surface area (Å²) in [6.07, 6.45) is 4.00. The van der Waals surface area contributed by atoms with Gasteiger partial charge in [-0.25, -0.2) is 0 Å². The average Bonchev–Trinajstić information content (AvgIpc) is 2.45. The molecule has 0 amide bonds. The third-order valence-corrected chi connectivity index (χ3v) is 3.46. The van der Waals surface area contributed by atoms with Gasteiger partial charge < -0.3 is 5.32 Å². The van der Waals surface area contributed by atoms with Gasteiger partial charge in [-0.05, 0) is 31.6 Å². The highest BCUT2D eigenvalue weighted by Gasteiger charge is 2.32. The molecule has 1 heteroatoms. The minimum absolute atomic E-state index is 0.744. The zero-order valence-electron chi connectivity index (χ0n) is 8.93.